The van der Waals surface area contributed by atoms with Crippen molar-refractivity contribution < 1.29 is 4.79 Å². The zero-order valence-corrected chi connectivity index (χ0v) is 12.9. The van der Waals surface area contributed by atoms with Crippen LogP contribution in [0.3, 0.4) is 0 Å². The molecule has 0 bridgehead atoms. The van der Waals surface area contributed by atoms with Gasteiger partial charge in [0.25, 0.3) is 5.91 Å². The maximum Gasteiger partial charge on any atom is 0.252 e. The van der Waals surface area contributed by atoms with Crippen molar-refractivity contribution in [2.75, 3.05) is 5.73 Å². The van der Waals surface area contributed by atoms with Crippen LogP contribution in [-0.4, -0.2) is 11.9 Å². The number of halogens is 1. The molecular formula is C15H21BrN2O. The SMILES string of the molecule is CC1CCCC(NC(=O)c2cccc(N)c2Br)CC1. The molecule has 19 heavy (non-hydrogen) atoms. The van der Waals surface area contributed by atoms with Crippen LogP contribution < -0.4 is 11.1 Å². The van der Waals surface area contributed by atoms with E-state index in [2.05, 4.69) is 28.2 Å². The topological polar surface area (TPSA) is 55.1 Å². The summed E-state index contributed by atoms with van der Waals surface area (Å²) in [7, 11) is 0. The first-order valence-electron chi connectivity index (χ1n) is 6.92. The van der Waals surface area contributed by atoms with Gasteiger partial charge in [-0.1, -0.05) is 25.8 Å². The smallest absolute Gasteiger partial charge is 0.252 e. The number of benzene rings is 1. The minimum atomic E-state index is -0.0290. The Bertz CT molecular complexity index is 461. The van der Waals surface area contributed by atoms with E-state index in [0.29, 0.717) is 21.8 Å². The normalized spacial score (nSPS) is 23.7. The Morgan fingerprint density at radius 1 is 1.32 bits per heavy atom. The van der Waals surface area contributed by atoms with Gasteiger partial charge in [-0.25, -0.2) is 0 Å². The molecule has 1 fully saturated rings. The van der Waals surface area contributed by atoms with E-state index in [-0.39, 0.29) is 5.91 Å². The second kappa shape index (κ2) is 6.42. The van der Waals surface area contributed by atoms with E-state index in [1.807, 2.05) is 6.07 Å². The zero-order valence-electron chi connectivity index (χ0n) is 11.3. The molecule has 1 saturated carbocycles. The van der Waals surface area contributed by atoms with Gasteiger partial charge in [0.2, 0.25) is 0 Å². The molecule has 1 aromatic rings. The highest BCUT2D eigenvalue weighted by Gasteiger charge is 2.19. The lowest BCUT2D eigenvalue weighted by Crippen LogP contribution is -2.34. The van der Waals surface area contributed by atoms with Gasteiger partial charge in [-0.15, -0.1) is 0 Å². The summed E-state index contributed by atoms with van der Waals surface area (Å²) in [5, 5.41) is 3.14. The molecule has 3 nitrogen and oxygen atoms in total. The molecule has 0 heterocycles. The number of amides is 1. The molecule has 2 atom stereocenters. The molecule has 1 aliphatic carbocycles. The number of carbonyl (C=O) groups is 1. The fraction of sp³-hybridized carbons (Fsp3) is 0.533. The summed E-state index contributed by atoms with van der Waals surface area (Å²) in [6.45, 7) is 2.29. The third-order valence-electron chi connectivity index (χ3n) is 3.87. The Labute approximate surface area is 123 Å². The molecule has 0 radical (unpaired) electrons. The first kappa shape index (κ1) is 14.4. The van der Waals surface area contributed by atoms with Crippen LogP contribution in [-0.2, 0) is 0 Å². The number of nitrogens with one attached hydrogen (secondary N) is 1. The third-order valence-corrected chi connectivity index (χ3v) is 4.75. The number of hydrogen-bond donors (Lipinski definition) is 2. The van der Waals surface area contributed by atoms with Crippen molar-refractivity contribution in [3.63, 3.8) is 0 Å². The van der Waals surface area contributed by atoms with Crippen molar-refractivity contribution in [1.82, 2.24) is 5.32 Å². The fourth-order valence-corrected chi connectivity index (χ4v) is 3.06. The number of nitrogens with two attached hydrogens (primary N) is 1. The van der Waals surface area contributed by atoms with Gasteiger partial charge in [0.1, 0.15) is 0 Å². The van der Waals surface area contributed by atoms with E-state index in [4.69, 9.17) is 5.73 Å². The summed E-state index contributed by atoms with van der Waals surface area (Å²) in [6.07, 6.45) is 5.82. The minimum absolute atomic E-state index is 0.0290. The van der Waals surface area contributed by atoms with Crippen LogP contribution in [0, 0.1) is 5.92 Å². The van der Waals surface area contributed by atoms with Crippen molar-refractivity contribution in [3.8, 4) is 0 Å². The van der Waals surface area contributed by atoms with Gasteiger partial charge in [-0.05, 0) is 53.2 Å². The molecule has 0 saturated heterocycles. The van der Waals surface area contributed by atoms with Gasteiger partial charge in [-0.3, -0.25) is 4.79 Å². The predicted molar refractivity (Wildman–Crippen MR) is 82.1 cm³/mol. The molecule has 3 N–H and O–H groups in total. The van der Waals surface area contributed by atoms with Crippen LogP contribution in [0.15, 0.2) is 22.7 Å². The maximum absolute atomic E-state index is 12.3. The van der Waals surface area contributed by atoms with E-state index < -0.39 is 0 Å². The lowest BCUT2D eigenvalue weighted by molar-refractivity contribution is 0.0932. The molecule has 1 aromatic carbocycles. The van der Waals surface area contributed by atoms with Gasteiger partial charge in [0, 0.05) is 11.7 Å². The lowest BCUT2D eigenvalue weighted by atomic mass is 10.0. The van der Waals surface area contributed by atoms with E-state index in [0.717, 1.165) is 18.8 Å². The van der Waals surface area contributed by atoms with E-state index in [1.54, 1.807) is 12.1 Å². The van der Waals surface area contributed by atoms with Crippen LogP contribution in [0.2, 0.25) is 0 Å². The summed E-state index contributed by atoms with van der Waals surface area (Å²) in [5.74, 6) is 0.750. The van der Waals surface area contributed by atoms with Crippen molar-refractivity contribution in [2.24, 2.45) is 5.92 Å². The highest BCUT2D eigenvalue weighted by atomic mass is 79.9. The Morgan fingerprint density at radius 2 is 2.11 bits per heavy atom. The average Bonchev–Trinajstić information content (AvgIpc) is 2.58. The van der Waals surface area contributed by atoms with Crippen LogP contribution in [0.5, 0.6) is 0 Å². The Kier molecular flexibility index (Phi) is 4.86. The monoisotopic (exact) mass is 324 g/mol. The van der Waals surface area contributed by atoms with Crippen molar-refractivity contribution >= 4 is 27.5 Å². The van der Waals surface area contributed by atoms with Crippen molar-refractivity contribution in [3.05, 3.63) is 28.2 Å². The zero-order chi connectivity index (χ0) is 13.8. The number of nitrogen functional groups attached to an aromatic ring is 1. The average molecular weight is 325 g/mol. The van der Waals surface area contributed by atoms with Crippen LogP contribution in [0.1, 0.15) is 49.4 Å². The summed E-state index contributed by atoms with van der Waals surface area (Å²) >= 11 is 3.38. The second-order valence-electron chi connectivity index (χ2n) is 5.49. The van der Waals surface area contributed by atoms with Gasteiger partial charge < -0.3 is 11.1 Å². The number of rotatable bonds is 2. The Balaban J connectivity index is 2.02. The standard InChI is InChI=1S/C15H21BrN2O/c1-10-4-2-5-11(9-8-10)18-15(19)12-6-3-7-13(17)14(12)16/h3,6-7,10-11H,2,4-5,8-9,17H2,1H3,(H,18,19). The molecule has 0 aromatic heterocycles. The molecule has 2 unspecified atom stereocenters. The largest absolute Gasteiger partial charge is 0.398 e. The first-order chi connectivity index (χ1) is 9.08. The van der Waals surface area contributed by atoms with Gasteiger partial charge in [-0.2, -0.15) is 0 Å². The number of carbonyl (C=O) groups excluding carboxylic acids is 1. The molecule has 1 amide bonds. The predicted octanol–water partition coefficient (Wildman–Crippen LogP) is 3.73. The molecule has 2 rings (SSSR count). The highest BCUT2D eigenvalue weighted by molar-refractivity contribution is 9.10. The Hall–Kier alpha value is -1.03. The fourth-order valence-electron chi connectivity index (χ4n) is 2.62. The van der Waals surface area contributed by atoms with Gasteiger partial charge in [0.15, 0.2) is 0 Å². The third kappa shape index (κ3) is 3.72. The molecule has 0 aliphatic heterocycles. The highest BCUT2D eigenvalue weighted by Crippen LogP contribution is 2.25. The maximum atomic E-state index is 12.3. The summed E-state index contributed by atoms with van der Waals surface area (Å²) in [5.41, 5.74) is 7.03. The van der Waals surface area contributed by atoms with Crippen LogP contribution >= 0.6 is 15.9 Å². The molecule has 1 aliphatic rings. The van der Waals surface area contributed by atoms with Crippen LogP contribution in [0.4, 0.5) is 5.69 Å². The van der Waals surface area contributed by atoms with E-state index in [1.165, 1.54) is 19.3 Å². The summed E-state index contributed by atoms with van der Waals surface area (Å²) in [6, 6.07) is 5.69. The summed E-state index contributed by atoms with van der Waals surface area (Å²) in [4.78, 5) is 12.3. The van der Waals surface area contributed by atoms with E-state index >= 15 is 0 Å². The molecule has 0 spiro atoms. The van der Waals surface area contributed by atoms with Crippen molar-refractivity contribution in [1.29, 1.82) is 0 Å². The van der Waals surface area contributed by atoms with Crippen LogP contribution in [0.25, 0.3) is 0 Å². The van der Waals surface area contributed by atoms with E-state index in [9.17, 15) is 4.79 Å². The first-order valence-corrected chi connectivity index (χ1v) is 7.72. The molecule has 4 heteroatoms. The number of hydrogen-bond acceptors (Lipinski definition) is 2. The Morgan fingerprint density at radius 3 is 2.89 bits per heavy atom. The molecule has 104 valence electrons. The van der Waals surface area contributed by atoms with Crippen molar-refractivity contribution in [2.45, 2.75) is 45.1 Å². The second-order valence-corrected chi connectivity index (χ2v) is 6.29. The number of anilines is 1. The van der Waals surface area contributed by atoms with Gasteiger partial charge >= 0.3 is 0 Å². The lowest BCUT2D eigenvalue weighted by Gasteiger charge is -2.17. The quantitative estimate of drug-likeness (QED) is 0.643. The summed E-state index contributed by atoms with van der Waals surface area (Å²) < 4.78 is 0.689. The van der Waals surface area contributed by atoms with Gasteiger partial charge in [0.05, 0.1) is 10.0 Å². The minimum Gasteiger partial charge on any atom is -0.398 e. The molecular weight excluding hydrogens is 304 g/mol.